The molecule has 2 N–H and O–H groups in total. The van der Waals surface area contributed by atoms with Crippen LogP contribution in [-0.4, -0.2) is 35.9 Å². The Kier molecular flexibility index (Phi) is 7.90. The molecule has 0 heterocycles. The fourth-order valence-electron chi connectivity index (χ4n) is 1.78. The van der Waals surface area contributed by atoms with Crippen LogP contribution in [0.5, 0.6) is 0 Å². The highest BCUT2D eigenvalue weighted by atomic mass is 32.2. The molecule has 1 rings (SSSR count). The molecular formula is C16H24N2O2S. The van der Waals surface area contributed by atoms with Crippen molar-refractivity contribution in [2.75, 3.05) is 12.0 Å². The maximum atomic E-state index is 12.3. The van der Waals surface area contributed by atoms with E-state index in [4.69, 9.17) is 0 Å². The summed E-state index contributed by atoms with van der Waals surface area (Å²) >= 11 is 1.66. The van der Waals surface area contributed by atoms with Gasteiger partial charge in [0.1, 0.15) is 6.04 Å². The van der Waals surface area contributed by atoms with Gasteiger partial charge in [-0.1, -0.05) is 25.1 Å². The Labute approximate surface area is 131 Å². The molecule has 2 atom stereocenters. The van der Waals surface area contributed by atoms with E-state index in [1.807, 2.05) is 38.3 Å². The van der Waals surface area contributed by atoms with E-state index in [-0.39, 0.29) is 17.9 Å². The van der Waals surface area contributed by atoms with Crippen LogP contribution in [0.25, 0.3) is 0 Å². The predicted molar refractivity (Wildman–Crippen MR) is 88.6 cm³/mol. The monoisotopic (exact) mass is 308 g/mol. The van der Waals surface area contributed by atoms with Gasteiger partial charge < -0.3 is 10.6 Å². The highest BCUT2D eigenvalue weighted by Crippen LogP contribution is 2.05. The summed E-state index contributed by atoms with van der Waals surface area (Å²) in [4.78, 5) is 24.4. The van der Waals surface area contributed by atoms with Crippen molar-refractivity contribution in [3.05, 3.63) is 35.9 Å². The average Bonchev–Trinajstić information content (AvgIpc) is 2.51. The summed E-state index contributed by atoms with van der Waals surface area (Å²) in [5.74, 6) is 0.511. The lowest BCUT2D eigenvalue weighted by atomic mass is 10.1. The Balaban J connectivity index is 2.69. The molecule has 5 heteroatoms. The van der Waals surface area contributed by atoms with Crippen molar-refractivity contribution in [2.24, 2.45) is 0 Å². The van der Waals surface area contributed by atoms with Crippen molar-refractivity contribution < 1.29 is 9.59 Å². The van der Waals surface area contributed by atoms with Crippen LogP contribution in [0.1, 0.15) is 37.0 Å². The molecular weight excluding hydrogens is 284 g/mol. The second kappa shape index (κ2) is 9.45. The number of benzene rings is 1. The van der Waals surface area contributed by atoms with Crippen LogP contribution in [0, 0.1) is 0 Å². The molecule has 21 heavy (non-hydrogen) atoms. The number of hydrogen-bond donors (Lipinski definition) is 2. The van der Waals surface area contributed by atoms with Gasteiger partial charge in [-0.05, 0) is 43.9 Å². The van der Waals surface area contributed by atoms with Crippen molar-refractivity contribution >= 4 is 23.6 Å². The summed E-state index contributed by atoms with van der Waals surface area (Å²) in [6, 6.07) is 8.59. The predicted octanol–water partition coefficient (Wildman–Crippen LogP) is 2.45. The van der Waals surface area contributed by atoms with E-state index < -0.39 is 6.04 Å². The molecule has 0 aliphatic carbocycles. The van der Waals surface area contributed by atoms with Gasteiger partial charge in [0.25, 0.3) is 5.91 Å². The van der Waals surface area contributed by atoms with E-state index >= 15 is 0 Å². The summed E-state index contributed by atoms with van der Waals surface area (Å²) in [7, 11) is 0. The van der Waals surface area contributed by atoms with Gasteiger partial charge in [-0.2, -0.15) is 11.8 Å². The average molecular weight is 308 g/mol. The Hall–Kier alpha value is -1.49. The van der Waals surface area contributed by atoms with Gasteiger partial charge in [0.2, 0.25) is 5.91 Å². The summed E-state index contributed by atoms with van der Waals surface area (Å²) in [5, 5.41) is 5.77. The molecule has 0 saturated heterocycles. The minimum absolute atomic E-state index is 0.109. The summed E-state index contributed by atoms with van der Waals surface area (Å²) in [6.07, 6.45) is 3.48. The maximum Gasteiger partial charge on any atom is 0.251 e. The molecule has 0 bridgehead atoms. The molecule has 0 aromatic heterocycles. The highest BCUT2D eigenvalue weighted by Gasteiger charge is 2.21. The number of nitrogens with one attached hydrogen (secondary N) is 2. The molecule has 0 aliphatic rings. The Morgan fingerprint density at radius 2 is 1.86 bits per heavy atom. The molecule has 0 saturated carbocycles. The second-order valence-electron chi connectivity index (χ2n) is 4.99. The lowest BCUT2D eigenvalue weighted by Gasteiger charge is -2.20. The first-order chi connectivity index (χ1) is 10.1. The number of rotatable bonds is 8. The first-order valence-electron chi connectivity index (χ1n) is 7.23. The van der Waals surface area contributed by atoms with E-state index in [1.165, 1.54) is 0 Å². The van der Waals surface area contributed by atoms with Crippen LogP contribution < -0.4 is 10.6 Å². The molecule has 0 radical (unpaired) electrons. The number of amides is 2. The van der Waals surface area contributed by atoms with Crippen LogP contribution in [-0.2, 0) is 4.79 Å². The van der Waals surface area contributed by atoms with Gasteiger partial charge in [0.05, 0.1) is 0 Å². The van der Waals surface area contributed by atoms with Crippen molar-refractivity contribution in [2.45, 2.75) is 38.8 Å². The Morgan fingerprint density at radius 3 is 2.43 bits per heavy atom. The van der Waals surface area contributed by atoms with Gasteiger partial charge in [-0.15, -0.1) is 0 Å². The number of hydrogen-bond acceptors (Lipinski definition) is 3. The molecule has 0 aliphatic heterocycles. The van der Waals surface area contributed by atoms with Crippen LogP contribution in [0.4, 0.5) is 0 Å². The standard InChI is InChI=1S/C16H24N2O2S/c1-4-12(2)17-16(20)14(10-11-21-3)18-15(19)13-8-6-5-7-9-13/h5-9,12,14H,4,10-11H2,1-3H3,(H,17,20)(H,18,19)/t12-,14-/m0/s1. The fraction of sp³-hybridized carbons (Fsp3) is 0.500. The van der Waals surface area contributed by atoms with Gasteiger partial charge >= 0.3 is 0 Å². The molecule has 0 unspecified atom stereocenters. The Bertz CT molecular complexity index is 451. The first-order valence-corrected chi connectivity index (χ1v) is 8.63. The summed E-state index contributed by atoms with van der Waals surface area (Å²) < 4.78 is 0. The van der Waals surface area contributed by atoms with Gasteiger partial charge in [-0.3, -0.25) is 9.59 Å². The number of thioether (sulfide) groups is 1. The SMILES string of the molecule is CC[C@H](C)NC(=O)[C@H](CCSC)NC(=O)c1ccccc1. The normalized spacial score (nSPS) is 13.3. The molecule has 0 spiro atoms. The topological polar surface area (TPSA) is 58.2 Å². The summed E-state index contributed by atoms with van der Waals surface area (Å²) in [6.45, 7) is 3.98. The minimum atomic E-state index is -0.487. The lowest BCUT2D eigenvalue weighted by molar-refractivity contribution is -0.123. The summed E-state index contributed by atoms with van der Waals surface area (Å²) in [5.41, 5.74) is 0.572. The van der Waals surface area contributed by atoms with Crippen LogP contribution in [0.3, 0.4) is 0 Å². The third-order valence-electron chi connectivity index (χ3n) is 3.27. The van der Waals surface area contributed by atoms with Gasteiger partial charge in [0, 0.05) is 11.6 Å². The third-order valence-corrected chi connectivity index (χ3v) is 3.91. The van der Waals surface area contributed by atoms with Crippen molar-refractivity contribution in [3.63, 3.8) is 0 Å². The zero-order valence-electron chi connectivity index (χ0n) is 12.9. The van der Waals surface area contributed by atoms with Crippen LogP contribution >= 0.6 is 11.8 Å². The largest absolute Gasteiger partial charge is 0.352 e. The quantitative estimate of drug-likeness (QED) is 0.775. The highest BCUT2D eigenvalue weighted by molar-refractivity contribution is 7.98. The van der Waals surface area contributed by atoms with E-state index in [1.54, 1.807) is 23.9 Å². The van der Waals surface area contributed by atoms with Crippen molar-refractivity contribution in [1.29, 1.82) is 0 Å². The Morgan fingerprint density at radius 1 is 1.19 bits per heavy atom. The zero-order valence-corrected chi connectivity index (χ0v) is 13.7. The zero-order chi connectivity index (χ0) is 15.7. The van der Waals surface area contributed by atoms with Gasteiger partial charge in [-0.25, -0.2) is 0 Å². The number of carbonyl (C=O) groups is 2. The molecule has 1 aromatic carbocycles. The minimum Gasteiger partial charge on any atom is -0.352 e. The van der Waals surface area contributed by atoms with E-state index in [2.05, 4.69) is 10.6 Å². The molecule has 116 valence electrons. The second-order valence-corrected chi connectivity index (χ2v) is 5.98. The first kappa shape index (κ1) is 17.6. The fourth-order valence-corrected chi connectivity index (χ4v) is 2.25. The van der Waals surface area contributed by atoms with Crippen LogP contribution in [0.2, 0.25) is 0 Å². The third kappa shape index (κ3) is 6.21. The molecule has 1 aromatic rings. The van der Waals surface area contributed by atoms with Crippen LogP contribution in [0.15, 0.2) is 30.3 Å². The number of carbonyl (C=O) groups excluding carboxylic acids is 2. The molecule has 4 nitrogen and oxygen atoms in total. The van der Waals surface area contributed by atoms with E-state index in [0.717, 1.165) is 12.2 Å². The van der Waals surface area contributed by atoms with E-state index in [9.17, 15) is 9.59 Å². The van der Waals surface area contributed by atoms with Crippen molar-refractivity contribution in [1.82, 2.24) is 10.6 Å². The lowest BCUT2D eigenvalue weighted by Crippen LogP contribution is -2.49. The van der Waals surface area contributed by atoms with Gasteiger partial charge in [0.15, 0.2) is 0 Å². The maximum absolute atomic E-state index is 12.3. The van der Waals surface area contributed by atoms with Crippen molar-refractivity contribution in [3.8, 4) is 0 Å². The van der Waals surface area contributed by atoms with E-state index in [0.29, 0.717) is 12.0 Å². The smallest absolute Gasteiger partial charge is 0.251 e. The molecule has 2 amide bonds. The molecule has 0 fully saturated rings.